The summed E-state index contributed by atoms with van der Waals surface area (Å²) in [5, 5.41) is -0.187. The maximum atomic E-state index is 13.8. The number of aromatic amines is 1. The molecule has 0 radical (unpaired) electrons. The molecule has 3 heterocycles. The molecule has 35 heavy (non-hydrogen) atoms. The van der Waals surface area contributed by atoms with Gasteiger partial charge in [0.15, 0.2) is 17.3 Å². The molecule has 0 aliphatic carbocycles. The molecule has 0 unspecified atom stereocenters. The van der Waals surface area contributed by atoms with Crippen molar-refractivity contribution in [2.45, 2.75) is 45.4 Å². The molecule has 4 rings (SSSR count). The molecule has 3 aromatic rings. The van der Waals surface area contributed by atoms with Crippen LogP contribution in [0.1, 0.15) is 55.0 Å². The molecular formula is C23H20F5N3O3S. The second kappa shape index (κ2) is 8.43. The van der Waals surface area contributed by atoms with Crippen molar-refractivity contribution in [2.24, 2.45) is 0 Å². The molecule has 2 aromatic heterocycles. The summed E-state index contributed by atoms with van der Waals surface area (Å²) in [6, 6.07) is 2.60. The number of benzene rings is 1. The topological polar surface area (TPSA) is 75.3 Å². The van der Waals surface area contributed by atoms with Crippen LogP contribution in [0, 0.1) is 11.6 Å². The van der Waals surface area contributed by atoms with E-state index in [-0.39, 0.29) is 39.2 Å². The third-order valence-electron chi connectivity index (χ3n) is 5.49. The minimum Gasteiger partial charge on any atom is -0.459 e. The molecule has 1 amide bonds. The van der Waals surface area contributed by atoms with E-state index in [4.69, 9.17) is 4.74 Å². The van der Waals surface area contributed by atoms with E-state index in [0.29, 0.717) is 11.5 Å². The van der Waals surface area contributed by atoms with Gasteiger partial charge in [-0.3, -0.25) is 4.79 Å². The van der Waals surface area contributed by atoms with Crippen LogP contribution in [0.15, 0.2) is 24.4 Å². The van der Waals surface area contributed by atoms with Crippen molar-refractivity contribution >= 4 is 39.2 Å². The SMILES string of the molecule is CC(C)OC(=O)C1=CN(C(=O)c2ccc(F)c(F)c2)CC(C)(C)c2c1[nH]c1snc(C(F)(F)F)c21. The number of esters is 1. The van der Waals surface area contributed by atoms with Gasteiger partial charge in [-0.25, -0.2) is 13.6 Å². The molecule has 6 nitrogen and oxygen atoms in total. The minimum absolute atomic E-state index is 0.0791. The molecule has 1 aliphatic heterocycles. The first-order valence-corrected chi connectivity index (χ1v) is 11.3. The molecule has 0 spiro atoms. The van der Waals surface area contributed by atoms with Crippen LogP contribution in [0.5, 0.6) is 0 Å². The van der Waals surface area contributed by atoms with Gasteiger partial charge >= 0.3 is 12.1 Å². The number of carbonyl (C=O) groups is 2. The number of hydrogen-bond donors (Lipinski definition) is 1. The molecule has 1 N–H and O–H groups in total. The Balaban J connectivity index is 1.93. The van der Waals surface area contributed by atoms with Crippen LogP contribution in [0.25, 0.3) is 15.8 Å². The summed E-state index contributed by atoms with van der Waals surface area (Å²) in [6.45, 7) is 6.27. The maximum absolute atomic E-state index is 13.8. The fraction of sp³-hybridized carbons (Fsp3) is 0.348. The summed E-state index contributed by atoms with van der Waals surface area (Å²) in [4.78, 5) is 30.4. The number of aromatic nitrogens is 2. The Bertz CT molecular complexity index is 1370. The van der Waals surface area contributed by atoms with Crippen LogP contribution in [0.4, 0.5) is 22.0 Å². The van der Waals surface area contributed by atoms with Crippen molar-refractivity contribution in [1.82, 2.24) is 14.3 Å². The zero-order valence-corrected chi connectivity index (χ0v) is 19.8. The van der Waals surface area contributed by atoms with Gasteiger partial charge in [0, 0.05) is 29.1 Å². The molecule has 0 saturated heterocycles. The number of hydrogen-bond acceptors (Lipinski definition) is 5. The Kier molecular flexibility index (Phi) is 5.98. The molecule has 0 atom stereocenters. The van der Waals surface area contributed by atoms with Gasteiger partial charge in [-0.15, -0.1) is 0 Å². The van der Waals surface area contributed by atoms with Crippen LogP contribution in [-0.2, 0) is 21.1 Å². The third-order valence-corrected chi connectivity index (χ3v) is 6.25. The summed E-state index contributed by atoms with van der Waals surface area (Å²) in [7, 11) is 0. The van der Waals surface area contributed by atoms with E-state index < -0.39 is 46.9 Å². The van der Waals surface area contributed by atoms with Gasteiger partial charge in [-0.05, 0) is 49.1 Å². The number of carbonyl (C=O) groups excluding carboxylic acids is 2. The average Bonchev–Trinajstić information content (AvgIpc) is 3.27. The lowest BCUT2D eigenvalue weighted by atomic mass is 9.81. The second-order valence-corrected chi connectivity index (χ2v) is 9.82. The van der Waals surface area contributed by atoms with Crippen molar-refractivity contribution < 1.29 is 36.3 Å². The number of fused-ring (bicyclic) bond motifs is 3. The molecule has 0 fully saturated rings. The molecular weight excluding hydrogens is 493 g/mol. The predicted molar refractivity (Wildman–Crippen MR) is 119 cm³/mol. The zero-order valence-electron chi connectivity index (χ0n) is 19.0. The van der Waals surface area contributed by atoms with Crippen molar-refractivity contribution in [1.29, 1.82) is 0 Å². The lowest BCUT2D eigenvalue weighted by Gasteiger charge is -2.29. The Morgan fingerprint density at radius 3 is 2.49 bits per heavy atom. The first-order chi connectivity index (χ1) is 16.2. The van der Waals surface area contributed by atoms with E-state index in [2.05, 4.69) is 9.36 Å². The van der Waals surface area contributed by atoms with Gasteiger partial charge in [0.2, 0.25) is 0 Å². The standard InChI is InChI=1S/C23H20F5N3O3S/c1-10(2)34-21(33)12-8-31(20(32)11-5-6-13(24)14(25)7-11)9-22(3,4)16-15-18(23(26,27)28)30-35-19(15)29-17(12)16/h5-8,10,29H,9H2,1-4H3. The van der Waals surface area contributed by atoms with Gasteiger partial charge < -0.3 is 14.6 Å². The van der Waals surface area contributed by atoms with E-state index in [1.807, 2.05) is 0 Å². The molecule has 186 valence electrons. The second-order valence-electron chi connectivity index (χ2n) is 9.05. The highest BCUT2D eigenvalue weighted by atomic mass is 32.1. The monoisotopic (exact) mass is 513 g/mol. The molecule has 0 saturated carbocycles. The molecule has 1 aliphatic rings. The number of H-pyrrole nitrogens is 1. The van der Waals surface area contributed by atoms with Crippen molar-refractivity contribution in [3.05, 3.63) is 58.5 Å². The van der Waals surface area contributed by atoms with Crippen LogP contribution in [0.3, 0.4) is 0 Å². The number of nitrogens with zero attached hydrogens (tertiary/aromatic N) is 2. The summed E-state index contributed by atoms with van der Waals surface area (Å²) < 4.78 is 77.4. The summed E-state index contributed by atoms with van der Waals surface area (Å²) >= 11 is 0.614. The van der Waals surface area contributed by atoms with E-state index in [1.165, 1.54) is 6.20 Å². The lowest BCUT2D eigenvalue weighted by molar-refractivity contribution is -0.140. The van der Waals surface area contributed by atoms with E-state index in [9.17, 15) is 31.5 Å². The molecule has 0 bridgehead atoms. The number of halogens is 5. The first-order valence-electron chi connectivity index (χ1n) is 10.5. The Labute approximate surface area is 200 Å². The largest absolute Gasteiger partial charge is 0.459 e. The summed E-state index contributed by atoms with van der Waals surface area (Å²) in [5.41, 5.74) is -2.36. The number of alkyl halides is 3. The lowest BCUT2D eigenvalue weighted by Crippen LogP contribution is -2.37. The molecule has 1 aromatic carbocycles. The number of ether oxygens (including phenoxy) is 1. The highest BCUT2D eigenvalue weighted by Gasteiger charge is 2.44. The smallest absolute Gasteiger partial charge is 0.435 e. The minimum atomic E-state index is -4.75. The van der Waals surface area contributed by atoms with Crippen molar-refractivity contribution in [2.75, 3.05) is 6.54 Å². The predicted octanol–water partition coefficient (Wildman–Crippen LogP) is 5.65. The van der Waals surface area contributed by atoms with Gasteiger partial charge in [0.1, 0.15) is 4.83 Å². The Morgan fingerprint density at radius 2 is 1.89 bits per heavy atom. The zero-order chi connectivity index (χ0) is 25.9. The molecule has 12 heteroatoms. The number of amides is 1. The third kappa shape index (κ3) is 4.42. The van der Waals surface area contributed by atoms with E-state index >= 15 is 0 Å². The van der Waals surface area contributed by atoms with Crippen LogP contribution in [0.2, 0.25) is 0 Å². The van der Waals surface area contributed by atoms with Crippen LogP contribution >= 0.6 is 11.5 Å². The Hall–Kier alpha value is -3.28. The fourth-order valence-electron chi connectivity index (χ4n) is 4.11. The normalized spacial score (nSPS) is 15.7. The van der Waals surface area contributed by atoms with Crippen molar-refractivity contribution in [3.63, 3.8) is 0 Å². The number of rotatable bonds is 3. The fourth-order valence-corrected chi connectivity index (χ4v) is 4.92. The van der Waals surface area contributed by atoms with Crippen LogP contribution < -0.4 is 0 Å². The first kappa shape index (κ1) is 24.8. The number of nitrogens with one attached hydrogen (secondary N) is 1. The highest BCUT2D eigenvalue weighted by Crippen LogP contribution is 2.46. The van der Waals surface area contributed by atoms with Crippen LogP contribution in [-0.4, -0.2) is 38.8 Å². The van der Waals surface area contributed by atoms with Gasteiger partial charge in [0.25, 0.3) is 5.91 Å². The van der Waals surface area contributed by atoms with E-state index in [0.717, 1.165) is 23.1 Å². The highest BCUT2D eigenvalue weighted by molar-refractivity contribution is 7.13. The van der Waals surface area contributed by atoms with Gasteiger partial charge in [0.05, 0.1) is 17.4 Å². The Morgan fingerprint density at radius 1 is 1.20 bits per heavy atom. The van der Waals surface area contributed by atoms with Crippen molar-refractivity contribution in [3.8, 4) is 0 Å². The summed E-state index contributed by atoms with van der Waals surface area (Å²) in [5.74, 6) is -4.01. The maximum Gasteiger partial charge on any atom is 0.435 e. The quantitative estimate of drug-likeness (QED) is 0.363. The summed E-state index contributed by atoms with van der Waals surface area (Å²) in [6.07, 6.45) is -4.13. The van der Waals surface area contributed by atoms with E-state index in [1.54, 1.807) is 27.7 Å². The van der Waals surface area contributed by atoms with Gasteiger partial charge in [-0.2, -0.15) is 17.5 Å². The average molecular weight is 513 g/mol. The van der Waals surface area contributed by atoms with Gasteiger partial charge in [-0.1, -0.05) is 13.8 Å².